The molecule has 4 rings (SSSR count). The van der Waals surface area contributed by atoms with Gasteiger partial charge in [-0.15, -0.1) is 22.7 Å². The van der Waals surface area contributed by atoms with Crippen molar-refractivity contribution in [2.75, 3.05) is 50.7 Å². The number of likely N-dealkylation sites (tertiary alicyclic amines) is 1. The largest absolute Gasteiger partial charge is 0.357 e. The van der Waals surface area contributed by atoms with Crippen molar-refractivity contribution in [3.63, 3.8) is 0 Å². The van der Waals surface area contributed by atoms with E-state index < -0.39 is 0 Å². The van der Waals surface area contributed by atoms with E-state index in [1.54, 1.807) is 11.3 Å². The number of guanidine groups is 1. The summed E-state index contributed by atoms with van der Waals surface area (Å²) in [6.07, 6.45) is 6.12. The Morgan fingerprint density at radius 1 is 1.13 bits per heavy atom. The zero-order chi connectivity index (χ0) is 20.6. The Balaban J connectivity index is 1.31. The molecule has 6 nitrogen and oxygen atoms in total. The van der Waals surface area contributed by atoms with Crippen molar-refractivity contribution < 1.29 is 0 Å². The average molecular weight is 447 g/mol. The van der Waals surface area contributed by atoms with Gasteiger partial charge < -0.3 is 15.5 Å². The maximum atomic E-state index is 4.95. The van der Waals surface area contributed by atoms with Gasteiger partial charge in [0, 0.05) is 42.9 Å². The second-order valence-electron chi connectivity index (χ2n) is 7.99. The predicted molar refractivity (Wildman–Crippen MR) is 129 cm³/mol. The molecule has 2 aliphatic heterocycles. The van der Waals surface area contributed by atoms with E-state index in [4.69, 9.17) is 9.98 Å². The number of rotatable bonds is 9. The molecule has 0 aliphatic carbocycles. The highest BCUT2D eigenvalue weighted by atomic mass is 32.1. The first kappa shape index (κ1) is 21.6. The van der Waals surface area contributed by atoms with Crippen LogP contribution in [0, 0.1) is 0 Å². The second kappa shape index (κ2) is 11.1. The first-order valence-corrected chi connectivity index (χ1v) is 13.1. The lowest BCUT2D eigenvalue weighted by Gasteiger charge is -2.25. The van der Waals surface area contributed by atoms with Gasteiger partial charge in [-0.3, -0.25) is 9.89 Å². The van der Waals surface area contributed by atoms with Crippen LogP contribution in [0.3, 0.4) is 0 Å². The van der Waals surface area contributed by atoms with Crippen molar-refractivity contribution in [1.82, 2.24) is 20.5 Å². The van der Waals surface area contributed by atoms with Gasteiger partial charge in [-0.05, 0) is 57.1 Å². The number of thiophene rings is 1. The van der Waals surface area contributed by atoms with E-state index in [-0.39, 0.29) is 0 Å². The first-order chi connectivity index (χ1) is 14.8. The smallest absolute Gasteiger partial charge is 0.191 e. The lowest BCUT2D eigenvalue weighted by molar-refractivity contribution is 0.255. The summed E-state index contributed by atoms with van der Waals surface area (Å²) >= 11 is 3.63. The van der Waals surface area contributed by atoms with Crippen molar-refractivity contribution in [2.24, 2.45) is 4.99 Å². The van der Waals surface area contributed by atoms with Crippen molar-refractivity contribution in [3.05, 3.63) is 33.5 Å². The van der Waals surface area contributed by atoms with E-state index in [2.05, 4.69) is 50.2 Å². The highest BCUT2D eigenvalue weighted by Crippen LogP contribution is 2.28. The highest BCUT2D eigenvalue weighted by Gasteiger charge is 2.24. The number of hydrogen-bond acceptors (Lipinski definition) is 6. The Morgan fingerprint density at radius 3 is 2.67 bits per heavy atom. The third-order valence-electron chi connectivity index (χ3n) is 5.81. The molecule has 164 valence electrons. The molecule has 0 bridgehead atoms. The first-order valence-electron chi connectivity index (χ1n) is 11.3. The zero-order valence-corrected chi connectivity index (χ0v) is 19.6. The number of nitrogens with zero attached hydrogens (tertiary/aromatic N) is 4. The molecule has 2 aromatic heterocycles. The standard InChI is InChI=1S/C22H34N6S2/c1-2-23-21(24-10-9-18-17-30-22(26-18)28-13-5-6-14-28)25-16-19(20-8-7-15-29-20)27-11-3-4-12-27/h7-8,15,17,19H,2-6,9-14,16H2,1H3,(H2,23,24,25). The minimum Gasteiger partial charge on any atom is -0.357 e. The third kappa shape index (κ3) is 5.74. The lowest BCUT2D eigenvalue weighted by atomic mass is 10.2. The van der Waals surface area contributed by atoms with Crippen LogP contribution in [-0.2, 0) is 6.42 Å². The zero-order valence-electron chi connectivity index (χ0n) is 18.0. The number of anilines is 1. The number of aliphatic imine (C=N–C) groups is 1. The quantitative estimate of drug-likeness (QED) is 0.454. The van der Waals surface area contributed by atoms with Crippen LogP contribution in [0.25, 0.3) is 0 Å². The van der Waals surface area contributed by atoms with Gasteiger partial charge in [0.05, 0.1) is 18.3 Å². The Bertz CT molecular complexity index is 775. The molecule has 4 heterocycles. The van der Waals surface area contributed by atoms with Crippen LogP contribution >= 0.6 is 22.7 Å². The predicted octanol–water partition coefficient (Wildman–Crippen LogP) is 3.74. The number of nitrogens with one attached hydrogen (secondary N) is 2. The van der Waals surface area contributed by atoms with Crippen LogP contribution < -0.4 is 15.5 Å². The second-order valence-corrected chi connectivity index (χ2v) is 9.80. The molecular formula is C22H34N6S2. The van der Waals surface area contributed by atoms with Gasteiger partial charge in [-0.25, -0.2) is 4.98 Å². The Hall–Kier alpha value is -1.64. The molecule has 2 saturated heterocycles. The monoisotopic (exact) mass is 446 g/mol. The molecule has 1 atom stereocenters. The van der Waals surface area contributed by atoms with E-state index >= 15 is 0 Å². The molecule has 0 saturated carbocycles. The molecule has 2 aromatic rings. The number of hydrogen-bond donors (Lipinski definition) is 2. The molecular weight excluding hydrogens is 412 g/mol. The number of thiazole rings is 1. The fourth-order valence-corrected chi connectivity index (χ4v) is 5.98. The van der Waals surface area contributed by atoms with Gasteiger partial charge in [0.1, 0.15) is 0 Å². The number of aromatic nitrogens is 1. The molecule has 0 amide bonds. The van der Waals surface area contributed by atoms with E-state index in [0.717, 1.165) is 45.1 Å². The van der Waals surface area contributed by atoms with Gasteiger partial charge in [-0.2, -0.15) is 0 Å². The maximum absolute atomic E-state index is 4.95. The fourth-order valence-electron chi connectivity index (χ4n) is 4.21. The van der Waals surface area contributed by atoms with E-state index in [1.807, 2.05) is 11.3 Å². The summed E-state index contributed by atoms with van der Waals surface area (Å²) in [4.78, 5) is 16.2. The van der Waals surface area contributed by atoms with Gasteiger partial charge >= 0.3 is 0 Å². The van der Waals surface area contributed by atoms with Crippen LogP contribution in [0.1, 0.15) is 49.2 Å². The SMILES string of the molecule is CCNC(=NCC(c1cccs1)N1CCCC1)NCCc1csc(N2CCCC2)n1. The summed E-state index contributed by atoms with van der Waals surface area (Å²) in [5.74, 6) is 0.910. The molecule has 0 spiro atoms. The maximum Gasteiger partial charge on any atom is 0.191 e. The summed E-state index contributed by atoms with van der Waals surface area (Å²) in [7, 11) is 0. The molecule has 8 heteroatoms. The third-order valence-corrected chi connectivity index (χ3v) is 7.73. The topological polar surface area (TPSA) is 55.8 Å². The van der Waals surface area contributed by atoms with E-state index in [0.29, 0.717) is 6.04 Å². The normalized spacial score (nSPS) is 18.8. The molecule has 2 aliphatic rings. The van der Waals surface area contributed by atoms with Crippen LogP contribution in [-0.4, -0.2) is 61.7 Å². The van der Waals surface area contributed by atoms with Gasteiger partial charge in [0.25, 0.3) is 0 Å². The van der Waals surface area contributed by atoms with Gasteiger partial charge in [0.2, 0.25) is 0 Å². The van der Waals surface area contributed by atoms with E-state index in [1.165, 1.54) is 54.5 Å². The van der Waals surface area contributed by atoms with Crippen molar-refractivity contribution >= 4 is 33.8 Å². The summed E-state index contributed by atoms with van der Waals surface area (Å²) in [6, 6.07) is 4.80. The Morgan fingerprint density at radius 2 is 1.93 bits per heavy atom. The summed E-state index contributed by atoms with van der Waals surface area (Å²) < 4.78 is 0. The molecule has 1 unspecified atom stereocenters. The molecule has 30 heavy (non-hydrogen) atoms. The summed E-state index contributed by atoms with van der Waals surface area (Å²) in [6.45, 7) is 9.33. The molecule has 2 fully saturated rings. The highest BCUT2D eigenvalue weighted by molar-refractivity contribution is 7.13. The average Bonchev–Trinajstić information content (AvgIpc) is 3.57. The Labute approximate surface area is 188 Å². The van der Waals surface area contributed by atoms with Crippen LogP contribution in [0.15, 0.2) is 27.9 Å². The van der Waals surface area contributed by atoms with Crippen LogP contribution in [0.5, 0.6) is 0 Å². The summed E-state index contributed by atoms with van der Waals surface area (Å²) in [5, 5.41) is 12.5. The minimum atomic E-state index is 0.393. The lowest BCUT2D eigenvalue weighted by Crippen LogP contribution is -2.39. The van der Waals surface area contributed by atoms with Crippen LogP contribution in [0.4, 0.5) is 5.13 Å². The van der Waals surface area contributed by atoms with E-state index in [9.17, 15) is 0 Å². The van der Waals surface area contributed by atoms with Crippen LogP contribution in [0.2, 0.25) is 0 Å². The van der Waals surface area contributed by atoms with Crippen molar-refractivity contribution in [2.45, 2.75) is 45.1 Å². The minimum absolute atomic E-state index is 0.393. The summed E-state index contributed by atoms with van der Waals surface area (Å²) in [5.41, 5.74) is 1.18. The molecule has 0 aromatic carbocycles. The Kier molecular flexibility index (Phi) is 8.00. The molecule has 0 radical (unpaired) electrons. The molecule has 2 N–H and O–H groups in total. The fraction of sp³-hybridized carbons (Fsp3) is 0.636. The van der Waals surface area contributed by atoms with Gasteiger partial charge in [0.15, 0.2) is 11.1 Å². The van der Waals surface area contributed by atoms with Crippen molar-refractivity contribution in [3.8, 4) is 0 Å². The van der Waals surface area contributed by atoms with Gasteiger partial charge in [-0.1, -0.05) is 6.07 Å². The van der Waals surface area contributed by atoms with Crippen molar-refractivity contribution in [1.29, 1.82) is 0 Å².